The molecule has 0 saturated heterocycles. The highest BCUT2D eigenvalue weighted by Gasteiger charge is 2.27. The highest BCUT2D eigenvalue weighted by atomic mass is 16.2. The summed E-state index contributed by atoms with van der Waals surface area (Å²) in [7, 11) is 0. The van der Waals surface area contributed by atoms with E-state index in [0.717, 1.165) is 33.8 Å². The average molecular weight is 374 g/mol. The first kappa shape index (κ1) is 17.9. The van der Waals surface area contributed by atoms with Crippen LogP contribution in [0.15, 0.2) is 48.8 Å². The molecule has 1 amide bonds. The summed E-state index contributed by atoms with van der Waals surface area (Å²) in [6.45, 7) is 8.05. The predicted molar refractivity (Wildman–Crippen MR) is 110 cm³/mol. The predicted octanol–water partition coefficient (Wildman–Crippen LogP) is 4.02. The van der Waals surface area contributed by atoms with Crippen LogP contribution in [-0.2, 0) is 4.79 Å². The second-order valence-electron chi connectivity index (χ2n) is 7.19. The van der Waals surface area contributed by atoms with Gasteiger partial charge in [-0.25, -0.2) is 0 Å². The maximum atomic E-state index is 12.6. The SMILES string of the molecule is C/C(Nc1cnn(C(C)C)c1)=C1/C(=O)Nc2cnc(-c3cnccc3C)cc21. The van der Waals surface area contributed by atoms with Crippen molar-refractivity contribution in [2.75, 3.05) is 10.6 Å². The van der Waals surface area contributed by atoms with Gasteiger partial charge in [0.25, 0.3) is 5.91 Å². The molecule has 0 aliphatic carbocycles. The molecule has 4 heterocycles. The molecule has 0 unspecified atom stereocenters. The molecule has 7 heteroatoms. The Morgan fingerprint density at radius 2 is 2.04 bits per heavy atom. The minimum atomic E-state index is -0.141. The van der Waals surface area contributed by atoms with E-state index in [2.05, 4.69) is 39.5 Å². The van der Waals surface area contributed by atoms with Crippen molar-refractivity contribution in [2.45, 2.75) is 33.7 Å². The molecule has 3 aromatic rings. The van der Waals surface area contributed by atoms with Gasteiger partial charge in [0, 0.05) is 41.5 Å². The number of pyridine rings is 2. The fourth-order valence-corrected chi connectivity index (χ4v) is 3.28. The van der Waals surface area contributed by atoms with Gasteiger partial charge in [0.1, 0.15) is 0 Å². The van der Waals surface area contributed by atoms with E-state index in [9.17, 15) is 4.79 Å². The number of aryl methyl sites for hydroxylation is 1. The summed E-state index contributed by atoms with van der Waals surface area (Å²) in [6.07, 6.45) is 8.94. The van der Waals surface area contributed by atoms with Gasteiger partial charge in [-0.2, -0.15) is 5.10 Å². The van der Waals surface area contributed by atoms with Crippen LogP contribution in [0.2, 0.25) is 0 Å². The van der Waals surface area contributed by atoms with Crippen LogP contribution in [0.3, 0.4) is 0 Å². The number of carbonyl (C=O) groups excluding carboxylic acids is 1. The van der Waals surface area contributed by atoms with Crippen molar-refractivity contribution in [3.05, 3.63) is 59.9 Å². The van der Waals surface area contributed by atoms with E-state index in [-0.39, 0.29) is 11.9 Å². The Balaban J connectivity index is 1.73. The number of rotatable bonds is 4. The molecule has 1 aliphatic rings. The van der Waals surface area contributed by atoms with Gasteiger partial charge in [0.2, 0.25) is 0 Å². The van der Waals surface area contributed by atoms with Crippen LogP contribution in [0.5, 0.6) is 0 Å². The lowest BCUT2D eigenvalue weighted by molar-refractivity contribution is -0.110. The largest absolute Gasteiger partial charge is 0.356 e. The molecule has 0 fully saturated rings. The fraction of sp³-hybridized carbons (Fsp3) is 0.238. The number of amides is 1. The molecule has 142 valence electrons. The summed E-state index contributed by atoms with van der Waals surface area (Å²) in [5.74, 6) is -0.141. The molecule has 0 bridgehead atoms. The fourth-order valence-electron chi connectivity index (χ4n) is 3.28. The minimum Gasteiger partial charge on any atom is -0.356 e. The van der Waals surface area contributed by atoms with Crippen LogP contribution in [0.4, 0.5) is 11.4 Å². The lowest BCUT2D eigenvalue weighted by Gasteiger charge is -2.09. The molecule has 0 spiro atoms. The van der Waals surface area contributed by atoms with E-state index in [0.29, 0.717) is 11.3 Å². The first-order chi connectivity index (χ1) is 13.4. The van der Waals surface area contributed by atoms with Crippen molar-refractivity contribution in [3.63, 3.8) is 0 Å². The third-order valence-corrected chi connectivity index (χ3v) is 4.80. The Labute approximate surface area is 163 Å². The first-order valence-electron chi connectivity index (χ1n) is 9.19. The van der Waals surface area contributed by atoms with Gasteiger partial charge in [-0.3, -0.25) is 19.4 Å². The Hall–Kier alpha value is -3.48. The molecule has 0 saturated carbocycles. The quantitative estimate of drug-likeness (QED) is 0.674. The van der Waals surface area contributed by atoms with E-state index in [1.54, 1.807) is 24.8 Å². The summed E-state index contributed by atoms with van der Waals surface area (Å²) in [5.41, 5.74) is 6.59. The van der Waals surface area contributed by atoms with Gasteiger partial charge in [0.15, 0.2) is 0 Å². The molecule has 2 N–H and O–H groups in total. The molecule has 1 aliphatic heterocycles. The normalized spacial score (nSPS) is 14.8. The van der Waals surface area contributed by atoms with Crippen molar-refractivity contribution in [2.24, 2.45) is 0 Å². The summed E-state index contributed by atoms with van der Waals surface area (Å²) in [5, 5.41) is 10.5. The maximum absolute atomic E-state index is 12.6. The van der Waals surface area contributed by atoms with Crippen LogP contribution in [0.1, 0.15) is 37.9 Å². The van der Waals surface area contributed by atoms with E-state index >= 15 is 0 Å². The molecule has 0 atom stereocenters. The Morgan fingerprint density at radius 3 is 2.75 bits per heavy atom. The van der Waals surface area contributed by atoms with Crippen LogP contribution in [0.25, 0.3) is 16.8 Å². The minimum absolute atomic E-state index is 0.141. The monoisotopic (exact) mass is 374 g/mol. The number of carbonyl (C=O) groups is 1. The first-order valence-corrected chi connectivity index (χ1v) is 9.19. The Bertz CT molecular complexity index is 1100. The summed E-state index contributed by atoms with van der Waals surface area (Å²) >= 11 is 0. The maximum Gasteiger partial charge on any atom is 0.258 e. The summed E-state index contributed by atoms with van der Waals surface area (Å²) in [6, 6.07) is 4.16. The van der Waals surface area contributed by atoms with Crippen LogP contribution in [0, 0.1) is 6.92 Å². The Kier molecular flexibility index (Phi) is 4.43. The van der Waals surface area contributed by atoms with Gasteiger partial charge >= 0.3 is 0 Å². The summed E-state index contributed by atoms with van der Waals surface area (Å²) in [4.78, 5) is 21.3. The molecule has 4 rings (SSSR count). The average Bonchev–Trinajstić information content (AvgIpc) is 3.25. The third-order valence-electron chi connectivity index (χ3n) is 4.80. The Morgan fingerprint density at radius 1 is 1.21 bits per heavy atom. The molecule has 0 radical (unpaired) electrons. The third kappa shape index (κ3) is 3.15. The second-order valence-corrected chi connectivity index (χ2v) is 7.19. The van der Waals surface area contributed by atoms with E-state index in [4.69, 9.17) is 0 Å². The van der Waals surface area contributed by atoms with Gasteiger partial charge in [-0.15, -0.1) is 0 Å². The molecular weight excluding hydrogens is 352 g/mol. The smallest absolute Gasteiger partial charge is 0.258 e. The van der Waals surface area contributed by atoms with Crippen molar-refractivity contribution in [1.29, 1.82) is 0 Å². The zero-order valence-corrected chi connectivity index (χ0v) is 16.3. The van der Waals surface area contributed by atoms with E-state index < -0.39 is 0 Å². The zero-order valence-electron chi connectivity index (χ0n) is 16.3. The molecule has 0 aromatic carbocycles. The van der Waals surface area contributed by atoms with E-state index in [1.165, 1.54) is 0 Å². The highest BCUT2D eigenvalue weighted by Crippen LogP contribution is 2.36. The van der Waals surface area contributed by atoms with E-state index in [1.807, 2.05) is 36.9 Å². The standard InChI is InChI=1S/C21H22N6O/c1-12(2)27-11-15(8-24-27)25-14(4)20-16-7-18(17-9-22-6-5-13(17)3)23-10-19(16)26-21(20)28/h5-12,25H,1-4H3,(H,26,28)/b20-14-. The number of nitrogens with one attached hydrogen (secondary N) is 2. The molecular formula is C21H22N6O. The van der Waals surface area contributed by atoms with Gasteiger partial charge in [-0.05, 0) is 45.4 Å². The van der Waals surface area contributed by atoms with Crippen molar-refractivity contribution in [1.82, 2.24) is 19.7 Å². The second kappa shape index (κ2) is 6.92. The van der Waals surface area contributed by atoms with Gasteiger partial charge in [0.05, 0.1) is 35.0 Å². The molecule has 7 nitrogen and oxygen atoms in total. The number of nitrogens with zero attached hydrogens (tertiary/aromatic N) is 4. The van der Waals surface area contributed by atoms with Crippen molar-refractivity contribution >= 4 is 22.9 Å². The number of hydrogen-bond acceptors (Lipinski definition) is 5. The zero-order chi connectivity index (χ0) is 19.8. The van der Waals surface area contributed by atoms with Gasteiger partial charge < -0.3 is 10.6 Å². The topological polar surface area (TPSA) is 84.7 Å². The highest BCUT2D eigenvalue weighted by molar-refractivity contribution is 6.32. The number of aromatic nitrogens is 4. The number of allylic oxidation sites excluding steroid dienone is 1. The molecule has 3 aromatic heterocycles. The van der Waals surface area contributed by atoms with Crippen LogP contribution < -0.4 is 10.6 Å². The van der Waals surface area contributed by atoms with Gasteiger partial charge in [-0.1, -0.05) is 0 Å². The number of fused-ring (bicyclic) bond motifs is 1. The number of anilines is 2. The molecule has 28 heavy (non-hydrogen) atoms. The van der Waals surface area contributed by atoms with Crippen molar-refractivity contribution in [3.8, 4) is 11.3 Å². The van der Waals surface area contributed by atoms with Crippen molar-refractivity contribution < 1.29 is 4.79 Å². The number of hydrogen-bond donors (Lipinski definition) is 2. The van der Waals surface area contributed by atoms with Crippen LogP contribution >= 0.6 is 0 Å². The lowest BCUT2D eigenvalue weighted by Crippen LogP contribution is -2.08. The van der Waals surface area contributed by atoms with Crippen LogP contribution in [-0.4, -0.2) is 25.7 Å². The summed E-state index contributed by atoms with van der Waals surface area (Å²) < 4.78 is 1.87. The lowest BCUT2D eigenvalue weighted by atomic mass is 10.0.